The van der Waals surface area contributed by atoms with Crippen molar-refractivity contribution in [3.05, 3.63) is 0 Å². The van der Waals surface area contributed by atoms with Crippen LogP contribution in [0.15, 0.2) is 0 Å². The molecule has 17 heavy (non-hydrogen) atoms. The third-order valence-corrected chi connectivity index (χ3v) is 4.00. The van der Waals surface area contributed by atoms with E-state index in [1.165, 1.54) is 0 Å². The van der Waals surface area contributed by atoms with Crippen LogP contribution in [0.4, 0.5) is 0 Å². The average molecular weight is 263 g/mol. The molecule has 1 saturated heterocycles. The fourth-order valence-electron chi connectivity index (χ4n) is 2.88. The Bertz CT molecular complexity index is 263. The van der Waals surface area contributed by atoms with E-state index in [2.05, 4.69) is 5.32 Å². The van der Waals surface area contributed by atoms with Crippen LogP contribution in [0.2, 0.25) is 0 Å². The Hall–Kier alpha value is -0.320. The van der Waals surface area contributed by atoms with Crippen LogP contribution in [0.5, 0.6) is 0 Å². The molecule has 0 aromatic carbocycles. The lowest BCUT2D eigenvalue weighted by atomic mass is 9.95. The lowest BCUT2D eigenvalue weighted by Crippen LogP contribution is -2.44. The van der Waals surface area contributed by atoms with Crippen LogP contribution in [0, 0.1) is 11.8 Å². The van der Waals surface area contributed by atoms with Crippen LogP contribution in [0.25, 0.3) is 0 Å². The number of amides is 1. The predicted molar refractivity (Wildman–Crippen MR) is 69.1 cm³/mol. The Balaban J connectivity index is 0.00000144. The quantitative estimate of drug-likeness (QED) is 0.800. The van der Waals surface area contributed by atoms with Gasteiger partial charge in [0, 0.05) is 12.5 Å². The van der Waals surface area contributed by atoms with Crippen LogP contribution >= 0.6 is 12.4 Å². The Morgan fingerprint density at radius 3 is 2.76 bits per heavy atom. The lowest BCUT2D eigenvalue weighted by molar-refractivity contribution is -0.127. The molecule has 0 aromatic heterocycles. The van der Waals surface area contributed by atoms with Gasteiger partial charge in [-0.05, 0) is 38.6 Å². The van der Waals surface area contributed by atoms with Crippen LogP contribution < -0.4 is 11.1 Å². The van der Waals surface area contributed by atoms with E-state index in [4.69, 9.17) is 10.5 Å². The van der Waals surface area contributed by atoms with E-state index in [1.807, 2.05) is 6.92 Å². The summed E-state index contributed by atoms with van der Waals surface area (Å²) in [5.74, 6) is 0.714. The van der Waals surface area contributed by atoms with Crippen LogP contribution in [0.1, 0.15) is 32.6 Å². The van der Waals surface area contributed by atoms with Gasteiger partial charge < -0.3 is 15.8 Å². The second-order valence-electron chi connectivity index (χ2n) is 5.01. The number of nitrogens with one attached hydrogen (secondary N) is 1. The number of nitrogens with two attached hydrogens (primary N) is 1. The van der Waals surface area contributed by atoms with Crippen molar-refractivity contribution >= 4 is 18.3 Å². The molecular formula is C12H23ClN2O2. The zero-order valence-electron chi connectivity index (χ0n) is 10.4. The van der Waals surface area contributed by atoms with Gasteiger partial charge in [-0.1, -0.05) is 6.42 Å². The second kappa shape index (κ2) is 6.57. The Labute approximate surface area is 109 Å². The monoisotopic (exact) mass is 262 g/mol. The number of carbonyl (C=O) groups excluding carboxylic acids is 1. The van der Waals surface area contributed by atoms with Crippen molar-refractivity contribution in [1.29, 1.82) is 0 Å². The highest BCUT2D eigenvalue weighted by molar-refractivity contribution is 5.85. The van der Waals surface area contributed by atoms with Crippen molar-refractivity contribution in [2.24, 2.45) is 17.6 Å². The smallest absolute Gasteiger partial charge is 0.223 e. The second-order valence-corrected chi connectivity index (χ2v) is 5.01. The predicted octanol–water partition coefficient (Wildman–Crippen LogP) is 1.08. The lowest BCUT2D eigenvalue weighted by Gasteiger charge is -2.22. The Morgan fingerprint density at radius 2 is 2.18 bits per heavy atom. The van der Waals surface area contributed by atoms with Crippen LogP contribution in [-0.4, -0.2) is 31.2 Å². The van der Waals surface area contributed by atoms with Gasteiger partial charge in [-0.25, -0.2) is 0 Å². The van der Waals surface area contributed by atoms with Gasteiger partial charge in [0.05, 0.1) is 12.1 Å². The fourth-order valence-corrected chi connectivity index (χ4v) is 2.88. The van der Waals surface area contributed by atoms with E-state index in [-0.39, 0.29) is 36.4 Å². The topological polar surface area (TPSA) is 64.3 Å². The van der Waals surface area contributed by atoms with Gasteiger partial charge in [-0.15, -0.1) is 12.4 Å². The van der Waals surface area contributed by atoms with Crippen LogP contribution in [-0.2, 0) is 9.53 Å². The van der Waals surface area contributed by atoms with Crippen molar-refractivity contribution in [2.75, 3.05) is 13.2 Å². The number of hydrogen-bond donors (Lipinski definition) is 2. The Morgan fingerprint density at radius 1 is 1.41 bits per heavy atom. The van der Waals surface area contributed by atoms with Gasteiger partial charge in [-0.3, -0.25) is 4.79 Å². The maximum Gasteiger partial charge on any atom is 0.223 e. The van der Waals surface area contributed by atoms with Crippen molar-refractivity contribution < 1.29 is 9.53 Å². The molecule has 1 aliphatic heterocycles. The van der Waals surface area contributed by atoms with Gasteiger partial charge in [0.15, 0.2) is 0 Å². The molecule has 2 unspecified atom stereocenters. The van der Waals surface area contributed by atoms with E-state index in [1.54, 1.807) is 0 Å². The van der Waals surface area contributed by atoms with Crippen molar-refractivity contribution in [3.8, 4) is 0 Å². The number of rotatable bonds is 3. The molecule has 2 aliphatic rings. The summed E-state index contributed by atoms with van der Waals surface area (Å²) >= 11 is 0. The fraction of sp³-hybridized carbons (Fsp3) is 0.917. The first-order valence-electron chi connectivity index (χ1n) is 6.34. The highest BCUT2D eigenvalue weighted by atomic mass is 35.5. The van der Waals surface area contributed by atoms with E-state index in [0.717, 1.165) is 32.3 Å². The average Bonchev–Trinajstić information content (AvgIpc) is 2.87. The zero-order chi connectivity index (χ0) is 11.5. The third-order valence-electron chi connectivity index (χ3n) is 4.00. The van der Waals surface area contributed by atoms with Crippen LogP contribution in [0.3, 0.4) is 0 Å². The zero-order valence-corrected chi connectivity index (χ0v) is 11.2. The molecule has 1 saturated carbocycles. The van der Waals surface area contributed by atoms with Gasteiger partial charge in [0.25, 0.3) is 0 Å². The summed E-state index contributed by atoms with van der Waals surface area (Å²) in [5.41, 5.74) is 5.69. The molecule has 1 aliphatic carbocycles. The number of halogens is 1. The molecule has 1 amide bonds. The molecule has 5 heteroatoms. The minimum absolute atomic E-state index is 0. The minimum atomic E-state index is 0. The first-order valence-corrected chi connectivity index (χ1v) is 6.34. The summed E-state index contributed by atoms with van der Waals surface area (Å²) in [6.07, 6.45) is 4.33. The maximum absolute atomic E-state index is 12.1. The molecular weight excluding hydrogens is 240 g/mol. The molecule has 3 N–H and O–H groups in total. The number of ether oxygens (including phenoxy) is 1. The largest absolute Gasteiger partial charge is 0.376 e. The molecule has 0 aromatic rings. The summed E-state index contributed by atoms with van der Waals surface area (Å²) in [6, 6.07) is 0.200. The molecule has 0 spiro atoms. The standard InChI is InChI=1S/C12H22N2O2.ClH/c1-8-11(5-6-16-8)14-12(15)10-4-2-3-9(10)7-13;/h8-11H,2-7,13H2,1H3,(H,14,15);1H/t8?,9-,10-,11?;/m1./s1. The van der Waals surface area contributed by atoms with Crippen molar-refractivity contribution in [2.45, 2.75) is 44.8 Å². The number of carbonyl (C=O) groups is 1. The van der Waals surface area contributed by atoms with Crippen molar-refractivity contribution in [3.63, 3.8) is 0 Å². The molecule has 4 nitrogen and oxygen atoms in total. The number of hydrogen-bond acceptors (Lipinski definition) is 3. The molecule has 0 bridgehead atoms. The van der Waals surface area contributed by atoms with Crippen molar-refractivity contribution in [1.82, 2.24) is 5.32 Å². The van der Waals surface area contributed by atoms with E-state index >= 15 is 0 Å². The van der Waals surface area contributed by atoms with E-state index in [0.29, 0.717) is 12.5 Å². The summed E-state index contributed by atoms with van der Waals surface area (Å²) in [6.45, 7) is 3.42. The third kappa shape index (κ3) is 3.33. The van der Waals surface area contributed by atoms with Gasteiger partial charge in [-0.2, -0.15) is 0 Å². The van der Waals surface area contributed by atoms with Gasteiger partial charge in [0.2, 0.25) is 5.91 Å². The van der Waals surface area contributed by atoms with Gasteiger partial charge in [0.1, 0.15) is 0 Å². The van der Waals surface area contributed by atoms with E-state index < -0.39 is 0 Å². The van der Waals surface area contributed by atoms with E-state index in [9.17, 15) is 4.79 Å². The molecule has 2 rings (SSSR count). The minimum Gasteiger partial charge on any atom is -0.376 e. The van der Waals surface area contributed by atoms with Gasteiger partial charge >= 0.3 is 0 Å². The normalized spacial score (nSPS) is 36.6. The summed E-state index contributed by atoms with van der Waals surface area (Å²) in [5, 5.41) is 3.12. The highest BCUT2D eigenvalue weighted by Gasteiger charge is 2.34. The molecule has 1 heterocycles. The summed E-state index contributed by atoms with van der Waals surface area (Å²) in [4.78, 5) is 12.1. The molecule has 100 valence electrons. The summed E-state index contributed by atoms with van der Waals surface area (Å²) in [7, 11) is 0. The first-order chi connectivity index (χ1) is 7.72. The first kappa shape index (κ1) is 14.7. The Kier molecular flexibility index (Phi) is 5.70. The molecule has 2 fully saturated rings. The SMILES string of the molecule is CC1OCCC1NC(=O)[C@@H]1CCC[C@@H]1CN.Cl. The molecule has 0 radical (unpaired) electrons. The maximum atomic E-state index is 12.1. The molecule has 4 atom stereocenters. The highest BCUT2D eigenvalue weighted by Crippen LogP contribution is 2.31. The summed E-state index contributed by atoms with van der Waals surface area (Å²) < 4.78 is 5.44.